The maximum absolute atomic E-state index is 12.8. The first kappa shape index (κ1) is 26.8. The zero-order valence-corrected chi connectivity index (χ0v) is 23.2. The average molecular weight is 553 g/mol. The van der Waals surface area contributed by atoms with Gasteiger partial charge in [-0.05, 0) is 68.0 Å². The number of rotatable bonds is 9. The molecule has 5 rings (SSSR count). The molecule has 2 heterocycles. The molecule has 1 aromatic heterocycles. The van der Waals surface area contributed by atoms with E-state index >= 15 is 0 Å². The molecular formula is C28H32N4O4S2. The Balaban J connectivity index is 1.32. The number of ether oxygens (including phenoxy) is 1. The largest absolute Gasteiger partial charge is 0.490 e. The molecule has 1 saturated heterocycles. The number of aliphatic hydroxyl groups is 1. The molecule has 38 heavy (non-hydrogen) atoms. The molecule has 2 atom stereocenters. The van der Waals surface area contributed by atoms with Crippen molar-refractivity contribution >= 4 is 21.4 Å². The number of nitrogens with zero attached hydrogens (tertiary/aromatic N) is 3. The van der Waals surface area contributed by atoms with Crippen molar-refractivity contribution in [3.05, 3.63) is 59.3 Å². The van der Waals surface area contributed by atoms with E-state index in [1.165, 1.54) is 0 Å². The van der Waals surface area contributed by atoms with Crippen LogP contribution in [0.25, 0.3) is 21.0 Å². The Labute approximate surface area is 228 Å². The van der Waals surface area contributed by atoms with Crippen LogP contribution in [0.4, 0.5) is 0 Å². The Morgan fingerprint density at radius 2 is 2.13 bits per heavy atom. The number of β-amino-alcohol motifs (C(OH)–C–C–N with tert-alkyl or cyclic N) is 1. The van der Waals surface area contributed by atoms with Gasteiger partial charge in [-0.2, -0.15) is 5.26 Å². The average Bonchev–Trinajstić information content (AvgIpc) is 3.63. The van der Waals surface area contributed by atoms with Gasteiger partial charge in [-0.1, -0.05) is 18.2 Å². The predicted molar refractivity (Wildman–Crippen MR) is 149 cm³/mol. The number of aliphatic hydroxyl groups excluding tert-OH is 1. The minimum Gasteiger partial charge on any atom is -0.490 e. The molecule has 1 aliphatic heterocycles. The van der Waals surface area contributed by atoms with Crippen molar-refractivity contribution in [2.75, 3.05) is 25.4 Å². The van der Waals surface area contributed by atoms with Crippen LogP contribution >= 0.6 is 11.3 Å². The zero-order chi connectivity index (χ0) is 26.9. The van der Waals surface area contributed by atoms with Crippen molar-refractivity contribution in [1.29, 1.82) is 5.26 Å². The lowest BCUT2D eigenvalue weighted by Gasteiger charge is -2.18. The van der Waals surface area contributed by atoms with Crippen LogP contribution in [0, 0.1) is 11.3 Å². The molecule has 0 spiro atoms. The summed E-state index contributed by atoms with van der Waals surface area (Å²) < 4.78 is 34.3. The van der Waals surface area contributed by atoms with Gasteiger partial charge in [0.15, 0.2) is 0 Å². The summed E-state index contributed by atoms with van der Waals surface area (Å²) in [7, 11) is -3.46. The summed E-state index contributed by atoms with van der Waals surface area (Å²) in [5.41, 5.74) is 4.57. The highest BCUT2D eigenvalue weighted by Crippen LogP contribution is 2.41. The van der Waals surface area contributed by atoms with Crippen LogP contribution in [-0.2, 0) is 16.4 Å². The van der Waals surface area contributed by atoms with Crippen LogP contribution in [0.5, 0.6) is 5.75 Å². The summed E-state index contributed by atoms with van der Waals surface area (Å²) >= 11 is 1.55. The molecule has 10 heteroatoms. The van der Waals surface area contributed by atoms with Crippen molar-refractivity contribution in [3.63, 3.8) is 0 Å². The number of benzene rings is 2. The fraction of sp³-hybridized carbons (Fsp3) is 0.429. The number of nitriles is 1. The number of nitrogens with one attached hydrogen (secondary N) is 1. The van der Waals surface area contributed by atoms with Gasteiger partial charge >= 0.3 is 0 Å². The van der Waals surface area contributed by atoms with Gasteiger partial charge in [0.05, 0.1) is 28.4 Å². The van der Waals surface area contributed by atoms with E-state index in [-0.39, 0.29) is 24.0 Å². The van der Waals surface area contributed by atoms with Crippen molar-refractivity contribution in [1.82, 2.24) is 14.6 Å². The van der Waals surface area contributed by atoms with Crippen LogP contribution in [-0.4, -0.2) is 61.0 Å². The molecule has 0 saturated carbocycles. The predicted octanol–water partition coefficient (Wildman–Crippen LogP) is 4.11. The lowest BCUT2D eigenvalue weighted by molar-refractivity contribution is 0.178. The molecule has 0 unspecified atom stereocenters. The van der Waals surface area contributed by atoms with E-state index in [0.717, 1.165) is 45.1 Å². The van der Waals surface area contributed by atoms with E-state index in [9.17, 15) is 18.8 Å². The standard InChI is InChI=1S/C28H32N4O4S2/c1-18(2)36-26-9-6-19(14-20(26)15-29)28-30-16-27(37-28)24-5-3-4-23-22(24)7-8-25(23)31-38(34,35)13-12-32-11-10-21(33)17-32/h3-6,9,14,16,18,21,25,31,33H,7-8,10-13,17H2,1-2H3/t21-,25+/m1/s1. The molecule has 200 valence electrons. The van der Waals surface area contributed by atoms with Gasteiger partial charge in [0.2, 0.25) is 10.0 Å². The van der Waals surface area contributed by atoms with Crippen molar-refractivity contribution in [3.8, 4) is 32.8 Å². The highest BCUT2D eigenvalue weighted by molar-refractivity contribution is 7.89. The van der Waals surface area contributed by atoms with Gasteiger partial charge in [-0.15, -0.1) is 11.3 Å². The van der Waals surface area contributed by atoms with Gasteiger partial charge in [-0.3, -0.25) is 4.90 Å². The summed E-state index contributed by atoms with van der Waals surface area (Å²) in [6.07, 6.45) is 3.66. The molecule has 0 bridgehead atoms. The fourth-order valence-corrected chi connectivity index (χ4v) is 7.45. The third-order valence-corrected chi connectivity index (χ3v) is 9.44. The quantitative estimate of drug-likeness (QED) is 0.410. The summed E-state index contributed by atoms with van der Waals surface area (Å²) in [6, 6.07) is 13.5. The molecular weight excluding hydrogens is 520 g/mol. The summed E-state index contributed by atoms with van der Waals surface area (Å²) in [4.78, 5) is 7.64. The van der Waals surface area contributed by atoms with Gasteiger partial charge in [0.25, 0.3) is 0 Å². The SMILES string of the molecule is CC(C)Oc1ccc(-c2ncc(-c3cccc4c3CC[C@@H]4NS(=O)(=O)CCN3CC[C@@H](O)C3)s2)cc1C#N. The van der Waals surface area contributed by atoms with Crippen LogP contribution in [0.3, 0.4) is 0 Å². The minimum atomic E-state index is -3.46. The van der Waals surface area contributed by atoms with Gasteiger partial charge in [-0.25, -0.2) is 18.1 Å². The summed E-state index contributed by atoms with van der Waals surface area (Å²) in [6.45, 7) is 5.55. The molecule has 3 aromatic rings. The monoisotopic (exact) mass is 552 g/mol. The Morgan fingerprint density at radius 3 is 2.87 bits per heavy atom. The number of thiazole rings is 1. The molecule has 2 N–H and O–H groups in total. The first-order valence-electron chi connectivity index (χ1n) is 12.9. The van der Waals surface area contributed by atoms with Crippen molar-refractivity contribution < 1.29 is 18.3 Å². The molecule has 1 aliphatic carbocycles. The maximum Gasteiger partial charge on any atom is 0.213 e. The highest BCUT2D eigenvalue weighted by Gasteiger charge is 2.30. The van der Waals surface area contributed by atoms with E-state index < -0.39 is 10.0 Å². The lowest BCUT2D eigenvalue weighted by atomic mass is 10.0. The number of likely N-dealkylation sites (tertiary alicyclic amines) is 1. The van der Waals surface area contributed by atoms with Crippen LogP contribution < -0.4 is 9.46 Å². The molecule has 2 aromatic carbocycles. The van der Waals surface area contributed by atoms with Crippen molar-refractivity contribution in [2.24, 2.45) is 0 Å². The third-order valence-electron chi connectivity index (χ3n) is 7.00. The van der Waals surface area contributed by atoms with Crippen LogP contribution in [0.15, 0.2) is 42.6 Å². The van der Waals surface area contributed by atoms with E-state index in [2.05, 4.69) is 21.8 Å². The number of hydrogen-bond donors (Lipinski definition) is 2. The van der Waals surface area contributed by atoms with E-state index in [0.29, 0.717) is 37.2 Å². The number of fused-ring (bicyclic) bond motifs is 1. The van der Waals surface area contributed by atoms with E-state index in [1.807, 2.05) is 55.3 Å². The topological polar surface area (TPSA) is 116 Å². The summed E-state index contributed by atoms with van der Waals surface area (Å²) in [5, 5.41) is 20.1. The molecule has 0 radical (unpaired) electrons. The second-order valence-electron chi connectivity index (χ2n) is 10.2. The molecule has 8 nitrogen and oxygen atoms in total. The zero-order valence-electron chi connectivity index (χ0n) is 21.6. The van der Waals surface area contributed by atoms with Crippen molar-refractivity contribution in [2.45, 2.75) is 51.4 Å². The Kier molecular flexibility index (Phi) is 7.84. The Hall–Kier alpha value is -2.81. The van der Waals surface area contributed by atoms with Crippen LogP contribution in [0.1, 0.15) is 49.4 Å². The lowest BCUT2D eigenvalue weighted by Crippen LogP contribution is -2.35. The number of hydrogen-bond acceptors (Lipinski definition) is 8. The molecule has 0 amide bonds. The third kappa shape index (κ3) is 5.92. The van der Waals surface area contributed by atoms with Gasteiger partial charge in [0.1, 0.15) is 16.8 Å². The number of aromatic nitrogens is 1. The van der Waals surface area contributed by atoms with Gasteiger partial charge < -0.3 is 9.84 Å². The van der Waals surface area contributed by atoms with Crippen LogP contribution in [0.2, 0.25) is 0 Å². The maximum atomic E-state index is 12.8. The smallest absolute Gasteiger partial charge is 0.213 e. The second-order valence-corrected chi connectivity index (χ2v) is 13.1. The van der Waals surface area contributed by atoms with Gasteiger partial charge in [0, 0.05) is 37.4 Å². The highest BCUT2D eigenvalue weighted by atomic mass is 32.2. The number of sulfonamides is 1. The second kappa shape index (κ2) is 11.1. The summed E-state index contributed by atoms with van der Waals surface area (Å²) in [5.74, 6) is 0.588. The Morgan fingerprint density at radius 1 is 1.29 bits per heavy atom. The normalized spacial score (nSPS) is 19.6. The first-order chi connectivity index (χ1) is 18.2. The fourth-order valence-electron chi connectivity index (χ4n) is 5.19. The minimum absolute atomic E-state index is 0.0213. The van der Waals surface area contributed by atoms with E-state index in [4.69, 9.17) is 4.74 Å². The first-order valence-corrected chi connectivity index (χ1v) is 15.4. The molecule has 1 fully saturated rings. The van der Waals surface area contributed by atoms with E-state index in [1.54, 1.807) is 11.3 Å². The Bertz CT molecular complexity index is 1460. The molecule has 2 aliphatic rings.